The van der Waals surface area contributed by atoms with Crippen LogP contribution in [0, 0.1) is 0 Å². The molecular formula is C19H20ClF2NO2. The van der Waals surface area contributed by atoms with Crippen molar-refractivity contribution in [2.24, 2.45) is 0 Å². The Morgan fingerprint density at radius 3 is 2.64 bits per heavy atom. The number of carbonyl (C=O) groups excluding carboxylic acids is 1. The Hall–Kier alpha value is -2.14. The molecular weight excluding hydrogens is 348 g/mol. The Labute approximate surface area is 151 Å². The molecule has 0 aliphatic carbocycles. The quantitative estimate of drug-likeness (QED) is 0.769. The van der Waals surface area contributed by atoms with Crippen LogP contribution in [0.5, 0.6) is 5.75 Å². The van der Waals surface area contributed by atoms with E-state index in [1.165, 1.54) is 19.2 Å². The highest BCUT2D eigenvalue weighted by molar-refractivity contribution is 6.32. The van der Waals surface area contributed by atoms with E-state index in [2.05, 4.69) is 5.32 Å². The summed E-state index contributed by atoms with van der Waals surface area (Å²) in [6, 6.07) is 9.92. The largest absolute Gasteiger partial charge is 0.487 e. The summed E-state index contributed by atoms with van der Waals surface area (Å²) < 4.78 is 32.4. The SMILES string of the molecule is CCc1ccc(OCc2c(CC(=O)NC)cccc2C(F)F)c(Cl)c1. The van der Waals surface area contributed by atoms with Crippen LogP contribution < -0.4 is 10.1 Å². The molecule has 0 saturated carbocycles. The molecule has 6 heteroatoms. The molecule has 2 aromatic rings. The summed E-state index contributed by atoms with van der Waals surface area (Å²) in [6.07, 6.45) is -1.80. The zero-order valence-corrected chi connectivity index (χ0v) is 14.9. The van der Waals surface area contributed by atoms with Crippen LogP contribution in [-0.2, 0) is 24.2 Å². The van der Waals surface area contributed by atoms with Crippen molar-refractivity contribution in [3.63, 3.8) is 0 Å². The molecule has 0 bridgehead atoms. The Balaban J connectivity index is 2.29. The number of halogens is 3. The first-order valence-electron chi connectivity index (χ1n) is 7.96. The number of ether oxygens (including phenoxy) is 1. The fourth-order valence-corrected chi connectivity index (χ4v) is 2.75. The average Bonchev–Trinajstić information content (AvgIpc) is 2.60. The maximum Gasteiger partial charge on any atom is 0.264 e. The lowest BCUT2D eigenvalue weighted by Crippen LogP contribution is -2.21. The minimum atomic E-state index is -2.65. The third-order valence-corrected chi connectivity index (χ3v) is 4.25. The van der Waals surface area contributed by atoms with Gasteiger partial charge in [0, 0.05) is 18.2 Å². The Kier molecular flexibility index (Phi) is 6.76. The van der Waals surface area contributed by atoms with Crippen LogP contribution in [0.25, 0.3) is 0 Å². The standard InChI is InChI=1S/C19H20ClF2NO2/c1-3-12-7-8-17(16(20)9-12)25-11-15-13(10-18(24)23-2)5-4-6-14(15)19(21)22/h4-9,19H,3,10-11H2,1-2H3,(H,23,24). The van der Waals surface area contributed by atoms with Crippen molar-refractivity contribution in [3.05, 3.63) is 63.7 Å². The third-order valence-electron chi connectivity index (χ3n) is 3.95. The molecule has 0 saturated heterocycles. The van der Waals surface area contributed by atoms with Gasteiger partial charge in [0.25, 0.3) is 6.43 Å². The summed E-state index contributed by atoms with van der Waals surface area (Å²) in [4.78, 5) is 11.7. The topological polar surface area (TPSA) is 38.3 Å². The number of benzene rings is 2. The number of hydrogen-bond acceptors (Lipinski definition) is 2. The van der Waals surface area contributed by atoms with Gasteiger partial charge >= 0.3 is 0 Å². The molecule has 3 nitrogen and oxygen atoms in total. The molecule has 0 radical (unpaired) electrons. The Morgan fingerprint density at radius 1 is 1.28 bits per heavy atom. The lowest BCUT2D eigenvalue weighted by Gasteiger charge is -2.16. The van der Waals surface area contributed by atoms with E-state index in [1.807, 2.05) is 13.0 Å². The molecule has 0 aromatic heterocycles. The van der Waals surface area contributed by atoms with Gasteiger partial charge in [0.1, 0.15) is 12.4 Å². The first-order chi connectivity index (χ1) is 12.0. The highest BCUT2D eigenvalue weighted by atomic mass is 35.5. The van der Waals surface area contributed by atoms with Crippen molar-refractivity contribution in [3.8, 4) is 5.75 Å². The van der Waals surface area contributed by atoms with Gasteiger partial charge in [-0.25, -0.2) is 8.78 Å². The van der Waals surface area contributed by atoms with Gasteiger partial charge in [-0.05, 0) is 29.7 Å². The highest BCUT2D eigenvalue weighted by Crippen LogP contribution is 2.30. The third kappa shape index (κ3) is 4.92. The predicted octanol–water partition coefficient (Wildman–Crippen LogP) is 4.71. The van der Waals surface area contributed by atoms with Gasteiger partial charge in [0.15, 0.2) is 0 Å². The summed E-state index contributed by atoms with van der Waals surface area (Å²) in [5, 5.41) is 2.93. The fraction of sp³-hybridized carbons (Fsp3) is 0.316. The van der Waals surface area contributed by atoms with Crippen LogP contribution in [0.1, 0.15) is 35.6 Å². The molecule has 1 N–H and O–H groups in total. The van der Waals surface area contributed by atoms with Crippen molar-refractivity contribution in [1.82, 2.24) is 5.32 Å². The van der Waals surface area contributed by atoms with Crippen LogP contribution >= 0.6 is 11.6 Å². The minimum Gasteiger partial charge on any atom is -0.487 e. The van der Waals surface area contributed by atoms with Gasteiger partial charge in [0.2, 0.25) is 5.91 Å². The van der Waals surface area contributed by atoms with Crippen LogP contribution in [0.4, 0.5) is 8.78 Å². The van der Waals surface area contributed by atoms with Crippen molar-refractivity contribution < 1.29 is 18.3 Å². The monoisotopic (exact) mass is 367 g/mol. The van der Waals surface area contributed by atoms with E-state index < -0.39 is 6.43 Å². The Morgan fingerprint density at radius 2 is 2.04 bits per heavy atom. The van der Waals surface area contributed by atoms with Crippen molar-refractivity contribution >= 4 is 17.5 Å². The number of aryl methyl sites for hydroxylation is 1. The van der Waals surface area contributed by atoms with Gasteiger partial charge in [-0.15, -0.1) is 0 Å². The van der Waals surface area contributed by atoms with Gasteiger partial charge in [0.05, 0.1) is 11.4 Å². The van der Waals surface area contributed by atoms with E-state index in [0.29, 0.717) is 21.9 Å². The number of hydrogen-bond donors (Lipinski definition) is 1. The number of nitrogens with one attached hydrogen (secondary N) is 1. The molecule has 25 heavy (non-hydrogen) atoms. The number of alkyl halides is 2. The molecule has 0 aliphatic rings. The summed E-state index contributed by atoms with van der Waals surface area (Å²) in [5.41, 5.74) is 1.75. The lowest BCUT2D eigenvalue weighted by molar-refractivity contribution is -0.119. The molecule has 0 atom stereocenters. The van der Waals surface area contributed by atoms with E-state index >= 15 is 0 Å². The molecule has 0 aliphatic heterocycles. The average molecular weight is 368 g/mol. The van der Waals surface area contributed by atoms with E-state index in [9.17, 15) is 13.6 Å². The van der Waals surface area contributed by atoms with E-state index in [4.69, 9.17) is 16.3 Å². The van der Waals surface area contributed by atoms with E-state index in [1.54, 1.807) is 18.2 Å². The molecule has 0 unspecified atom stereocenters. The summed E-state index contributed by atoms with van der Waals surface area (Å²) in [7, 11) is 1.50. The second-order valence-electron chi connectivity index (χ2n) is 5.54. The van der Waals surface area contributed by atoms with E-state index in [-0.39, 0.29) is 24.5 Å². The maximum absolute atomic E-state index is 13.3. The second-order valence-corrected chi connectivity index (χ2v) is 5.95. The Bertz CT molecular complexity index is 750. The van der Waals surface area contributed by atoms with Crippen molar-refractivity contribution in [1.29, 1.82) is 0 Å². The number of rotatable bonds is 7. The van der Waals surface area contributed by atoms with Gasteiger partial charge in [-0.2, -0.15) is 0 Å². The van der Waals surface area contributed by atoms with Crippen molar-refractivity contribution in [2.75, 3.05) is 7.05 Å². The summed E-state index contributed by atoms with van der Waals surface area (Å²) in [6.45, 7) is 1.92. The normalized spacial score (nSPS) is 10.8. The first-order valence-corrected chi connectivity index (χ1v) is 8.34. The van der Waals surface area contributed by atoms with Crippen molar-refractivity contribution in [2.45, 2.75) is 32.8 Å². The van der Waals surface area contributed by atoms with Crippen LogP contribution in [-0.4, -0.2) is 13.0 Å². The first kappa shape index (κ1) is 19.2. The fourth-order valence-electron chi connectivity index (χ4n) is 2.49. The smallest absolute Gasteiger partial charge is 0.264 e. The molecule has 0 fully saturated rings. The molecule has 134 valence electrons. The molecule has 2 aromatic carbocycles. The molecule has 0 heterocycles. The zero-order valence-electron chi connectivity index (χ0n) is 14.1. The van der Waals surface area contributed by atoms with Gasteiger partial charge in [-0.3, -0.25) is 4.79 Å². The minimum absolute atomic E-state index is 0.0122. The van der Waals surface area contributed by atoms with Crippen LogP contribution in [0.15, 0.2) is 36.4 Å². The second kappa shape index (κ2) is 8.81. The number of likely N-dealkylation sites (N-methyl/N-ethyl adjacent to an activating group) is 1. The highest BCUT2D eigenvalue weighted by Gasteiger charge is 2.18. The predicted molar refractivity (Wildman–Crippen MR) is 94.3 cm³/mol. The number of amides is 1. The molecule has 0 spiro atoms. The van der Waals surface area contributed by atoms with Crippen LogP contribution in [0.3, 0.4) is 0 Å². The summed E-state index contributed by atoms with van der Waals surface area (Å²) in [5.74, 6) is 0.173. The summed E-state index contributed by atoms with van der Waals surface area (Å²) >= 11 is 6.19. The van der Waals surface area contributed by atoms with Gasteiger partial charge in [-0.1, -0.05) is 42.8 Å². The molecule has 2 rings (SSSR count). The molecule has 1 amide bonds. The zero-order chi connectivity index (χ0) is 18.4. The lowest BCUT2D eigenvalue weighted by atomic mass is 9.99. The van der Waals surface area contributed by atoms with E-state index in [0.717, 1.165) is 12.0 Å². The van der Waals surface area contributed by atoms with Gasteiger partial charge < -0.3 is 10.1 Å². The number of carbonyl (C=O) groups is 1. The van der Waals surface area contributed by atoms with Crippen LogP contribution in [0.2, 0.25) is 5.02 Å². The maximum atomic E-state index is 13.3.